The molecule has 2 unspecified atom stereocenters. The number of aryl methyl sites for hydroxylation is 1. The Kier molecular flexibility index (Phi) is 3.34. The second-order valence-corrected chi connectivity index (χ2v) is 7.34. The minimum absolute atomic E-state index is 0.337. The highest BCUT2D eigenvalue weighted by molar-refractivity contribution is 5.77. The van der Waals surface area contributed by atoms with Crippen LogP contribution in [-0.2, 0) is 12.8 Å². The molecule has 1 aliphatic carbocycles. The fourth-order valence-electron chi connectivity index (χ4n) is 3.25. The lowest BCUT2D eigenvalue weighted by molar-refractivity contribution is 0.215. The second kappa shape index (κ2) is 4.93. The molecule has 2 heterocycles. The molecule has 0 spiro atoms. The van der Waals surface area contributed by atoms with Gasteiger partial charge in [-0.15, -0.1) is 0 Å². The summed E-state index contributed by atoms with van der Waals surface area (Å²) in [5.41, 5.74) is 5.74. The van der Waals surface area contributed by atoms with E-state index in [4.69, 9.17) is 4.98 Å². The Hall–Kier alpha value is -1.71. The lowest BCUT2D eigenvalue weighted by atomic mass is 9.71. The van der Waals surface area contributed by atoms with E-state index in [1.54, 1.807) is 6.92 Å². The number of hydrogen-bond donors (Lipinski definition) is 1. The first kappa shape index (κ1) is 14.2. The Labute approximate surface area is 125 Å². The lowest BCUT2D eigenvalue weighted by Gasteiger charge is -2.34. The fraction of sp³-hybridized carbons (Fsp3) is 0.588. The lowest BCUT2D eigenvalue weighted by Crippen LogP contribution is -2.27. The topological polar surface area (TPSA) is 58.1 Å². The highest BCUT2D eigenvalue weighted by Crippen LogP contribution is 2.37. The maximum absolute atomic E-state index is 10.7. The summed E-state index contributed by atoms with van der Waals surface area (Å²) in [4.78, 5) is 18.8. The Morgan fingerprint density at radius 1 is 1.38 bits per heavy atom. The standard InChI is InChI=1S/C17H23N3O/c1-10(20-21)14-9-16-15(19-14)8-11-7-12(17(2,3)4)5-6-13(11)18-16/h8-10,12,19H,5-7H2,1-4H3. The van der Waals surface area contributed by atoms with Crippen molar-refractivity contribution in [3.05, 3.63) is 34.0 Å². The summed E-state index contributed by atoms with van der Waals surface area (Å²) in [6.45, 7) is 8.75. The van der Waals surface area contributed by atoms with Crippen molar-refractivity contribution in [1.82, 2.24) is 9.97 Å². The van der Waals surface area contributed by atoms with Gasteiger partial charge in [-0.1, -0.05) is 25.9 Å². The molecule has 2 aromatic heterocycles. The van der Waals surface area contributed by atoms with Crippen molar-refractivity contribution in [1.29, 1.82) is 0 Å². The molecule has 1 N–H and O–H groups in total. The summed E-state index contributed by atoms with van der Waals surface area (Å²) < 4.78 is 0. The number of nitroso groups, excluding NO2 is 1. The van der Waals surface area contributed by atoms with Crippen LogP contribution in [0.15, 0.2) is 17.3 Å². The van der Waals surface area contributed by atoms with Gasteiger partial charge in [0.05, 0.1) is 11.0 Å². The third-order valence-electron chi connectivity index (χ3n) is 4.82. The van der Waals surface area contributed by atoms with Crippen LogP contribution in [0, 0.1) is 16.2 Å². The summed E-state index contributed by atoms with van der Waals surface area (Å²) in [5, 5.41) is 3.09. The zero-order valence-electron chi connectivity index (χ0n) is 13.2. The van der Waals surface area contributed by atoms with Crippen molar-refractivity contribution in [3.63, 3.8) is 0 Å². The van der Waals surface area contributed by atoms with E-state index < -0.39 is 0 Å². The molecule has 0 radical (unpaired) electrons. The average molecular weight is 285 g/mol. The van der Waals surface area contributed by atoms with E-state index in [1.807, 2.05) is 6.07 Å². The predicted octanol–water partition coefficient (Wildman–Crippen LogP) is 4.54. The molecule has 21 heavy (non-hydrogen) atoms. The van der Waals surface area contributed by atoms with Gasteiger partial charge in [0, 0.05) is 11.4 Å². The van der Waals surface area contributed by atoms with Crippen LogP contribution in [0.4, 0.5) is 0 Å². The number of nitrogens with one attached hydrogen (secondary N) is 1. The van der Waals surface area contributed by atoms with Gasteiger partial charge in [0.25, 0.3) is 0 Å². The molecule has 112 valence electrons. The number of aromatic nitrogens is 2. The summed E-state index contributed by atoms with van der Waals surface area (Å²) in [5.74, 6) is 0.703. The van der Waals surface area contributed by atoms with Gasteiger partial charge in [-0.25, -0.2) is 0 Å². The fourth-order valence-corrected chi connectivity index (χ4v) is 3.25. The Balaban J connectivity index is 1.99. The molecular formula is C17H23N3O. The van der Waals surface area contributed by atoms with Gasteiger partial charge in [-0.05, 0) is 55.2 Å². The van der Waals surface area contributed by atoms with Crippen LogP contribution < -0.4 is 0 Å². The van der Waals surface area contributed by atoms with Crippen molar-refractivity contribution in [2.24, 2.45) is 16.5 Å². The number of hydrogen-bond acceptors (Lipinski definition) is 3. The highest BCUT2D eigenvalue weighted by Gasteiger charge is 2.29. The van der Waals surface area contributed by atoms with Gasteiger partial charge in [-0.2, -0.15) is 4.91 Å². The number of nitrogens with zero attached hydrogens (tertiary/aromatic N) is 2. The van der Waals surface area contributed by atoms with Gasteiger partial charge < -0.3 is 4.98 Å². The molecule has 3 rings (SSSR count). The number of rotatable bonds is 2. The Morgan fingerprint density at radius 2 is 2.14 bits per heavy atom. The monoisotopic (exact) mass is 285 g/mol. The summed E-state index contributed by atoms with van der Waals surface area (Å²) in [7, 11) is 0. The van der Waals surface area contributed by atoms with Crippen LogP contribution in [0.3, 0.4) is 0 Å². The van der Waals surface area contributed by atoms with Crippen molar-refractivity contribution in [2.45, 2.75) is 53.0 Å². The van der Waals surface area contributed by atoms with E-state index >= 15 is 0 Å². The molecule has 4 heteroatoms. The molecule has 4 nitrogen and oxygen atoms in total. The average Bonchev–Trinajstić information content (AvgIpc) is 2.84. The molecule has 0 saturated heterocycles. The molecule has 1 aliphatic rings. The van der Waals surface area contributed by atoms with E-state index in [0.717, 1.165) is 29.6 Å². The summed E-state index contributed by atoms with van der Waals surface area (Å²) in [6.07, 6.45) is 3.35. The molecule has 0 saturated carbocycles. The highest BCUT2D eigenvalue weighted by atomic mass is 16.3. The number of H-pyrrole nitrogens is 1. The minimum Gasteiger partial charge on any atom is -0.355 e. The second-order valence-electron chi connectivity index (χ2n) is 7.34. The molecule has 2 atom stereocenters. The minimum atomic E-state index is -0.349. The molecular weight excluding hydrogens is 262 g/mol. The number of pyridine rings is 1. The van der Waals surface area contributed by atoms with E-state index in [9.17, 15) is 4.91 Å². The van der Waals surface area contributed by atoms with E-state index in [2.05, 4.69) is 37.0 Å². The zero-order valence-corrected chi connectivity index (χ0v) is 13.2. The predicted molar refractivity (Wildman–Crippen MR) is 85.3 cm³/mol. The third-order valence-corrected chi connectivity index (χ3v) is 4.82. The van der Waals surface area contributed by atoms with Crippen molar-refractivity contribution in [3.8, 4) is 0 Å². The van der Waals surface area contributed by atoms with E-state index in [0.29, 0.717) is 11.3 Å². The largest absolute Gasteiger partial charge is 0.355 e. The molecule has 0 aromatic carbocycles. The summed E-state index contributed by atoms with van der Waals surface area (Å²) >= 11 is 0. The van der Waals surface area contributed by atoms with Crippen LogP contribution >= 0.6 is 0 Å². The quantitative estimate of drug-likeness (QED) is 0.823. The maximum Gasteiger partial charge on any atom is 0.129 e. The number of aromatic amines is 1. The van der Waals surface area contributed by atoms with Crippen LogP contribution in [-0.4, -0.2) is 9.97 Å². The van der Waals surface area contributed by atoms with Gasteiger partial charge in [0.15, 0.2) is 0 Å². The van der Waals surface area contributed by atoms with Crippen molar-refractivity contribution < 1.29 is 0 Å². The van der Waals surface area contributed by atoms with E-state index in [-0.39, 0.29) is 6.04 Å². The Morgan fingerprint density at radius 3 is 2.81 bits per heavy atom. The first-order chi connectivity index (χ1) is 9.88. The number of fused-ring (bicyclic) bond motifs is 2. The molecule has 0 bridgehead atoms. The SMILES string of the molecule is CC(N=O)c1cc2nc3c(cc2[nH]1)CC(C(C)(C)C)CC3. The van der Waals surface area contributed by atoms with Crippen LogP contribution in [0.25, 0.3) is 11.0 Å². The van der Waals surface area contributed by atoms with E-state index in [1.165, 1.54) is 17.7 Å². The molecule has 0 fully saturated rings. The van der Waals surface area contributed by atoms with Crippen molar-refractivity contribution in [2.75, 3.05) is 0 Å². The van der Waals surface area contributed by atoms with Gasteiger partial charge in [0.1, 0.15) is 6.04 Å². The third kappa shape index (κ3) is 2.59. The van der Waals surface area contributed by atoms with Gasteiger partial charge >= 0.3 is 0 Å². The normalized spacial score (nSPS) is 20.3. The first-order valence-electron chi connectivity index (χ1n) is 7.72. The maximum atomic E-state index is 10.7. The van der Waals surface area contributed by atoms with Crippen molar-refractivity contribution >= 4 is 11.0 Å². The smallest absolute Gasteiger partial charge is 0.129 e. The van der Waals surface area contributed by atoms with Crippen LogP contribution in [0.2, 0.25) is 0 Å². The Bertz CT molecular complexity index is 681. The molecule has 2 aromatic rings. The van der Waals surface area contributed by atoms with Gasteiger partial charge in [-0.3, -0.25) is 4.98 Å². The molecule has 0 amide bonds. The van der Waals surface area contributed by atoms with Crippen LogP contribution in [0.1, 0.15) is 57.1 Å². The molecule has 0 aliphatic heterocycles. The summed E-state index contributed by atoms with van der Waals surface area (Å²) in [6, 6.07) is 3.83. The van der Waals surface area contributed by atoms with Gasteiger partial charge in [0.2, 0.25) is 0 Å². The zero-order chi connectivity index (χ0) is 15.2. The van der Waals surface area contributed by atoms with Crippen LogP contribution in [0.5, 0.6) is 0 Å². The first-order valence-corrected chi connectivity index (χ1v) is 7.72.